The first-order valence-corrected chi connectivity index (χ1v) is 7.38. The van der Waals surface area contributed by atoms with Crippen LogP contribution in [0.15, 0.2) is 18.5 Å². The Morgan fingerprint density at radius 1 is 1.37 bits per heavy atom. The van der Waals surface area contributed by atoms with Gasteiger partial charge in [-0.15, -0.1) is 0 Å². The molecule has 106 valence electrons. The minimum absolute atomic E-state index is 0.617. The minimum atomic E-state index is 0.617. The first-order chi connectivity index (χ1) is 9.26. The van der Waals surface area contributed by atoms with Crippen molar-refractivity contribution in [3.63, 3.8) is 0 Å². The van der Waals surface area contributed by atoms with Gasteiger partial charge in [-0.3, -0.25) is 9.88 Å². The number of nitrogens with zero attached hydrogens (tertiary/aromatic N) is 3. The highest BCUT2D eigenvalue weighted by molar-refractivity contribution is 5.52. The molecule has 2 rings (SSSR count). The number of hydrogen-bond donors (Lipinski definition) is 1. The first kappa shape index (κ1) is 14.3. The fourth-order valence-corrected chi connectivity index (χ4v) is 2.79. The van der Waals surface area contributed by atoms with Gasteiger partial charge in [0.15, 0.2) is 0 Å². The summed E-state index contributed by atoms with van der Waals surface area (Å²) in [7, 11) is 0. The summed E-state index contributed by atoms with van der Waals surface area (Å²) >= 11 is 0. The Balaban J connectivity index is 2.09. The first-order valence-electron chi connectivity index (χ1n) is 7.38. The molecule has 4 nitrogen and oxygen atoms in total. The van der Waals surface area contributed by atoms with Gasteiger partial charge in [0, 0.05) is 38.4 Å². The Hall–Kier alpha value is -1.13. The summed E-state index contributed by atoms with van der Waals surface area (Å²) in [6.07, 6.45) is 3.91. The highest BCUT2D eigenvalue weighted by Crippen LogP contribution is 2.22. The van der Waals surface area contributed by atoms with Crippen LogP contribution in [0, 0.1) is 0 Å². The lowest BCUT2D eigenvalue weighted by molar-refractivity contribution is 0.199. The van der Waals surface area contributed by atoms with Crippen LogP contribution in [0.5, 0.6) is 0 Å². The molecular weight excluding hydrogens is 236 g/mol. The van der Waals surface area contributed by atoms with E-state index in [0.29, 0.717) is 6.04 Å². The number of anilines is 1. The number of aromatic nitrogens is 1. The molecule has 1 saturated heterocycles. The van der Waals surface area contributed by atoms with Crippen molar-refractivity contribution in [3.8, 4) is 0 Å². The van der Waals surface area contributed by atoms with Gasteiger partial charge in [-0.2, -0.15) is 0 Å². The monoisotopic (exact) mass is 262 g/mol. The molecule has 1 aliphatic rings. The maximum atomic E-state index is 4.31. The van der Waals surface area contributed by atoms with Gasteiger partial charge < -0.3 is 10.2 Å². The molecule has 1 N–H and O–H groups in total. The summed E-state index contributed by atoms with van der Waals surface area (Å²) in [4.78, 5) is 9.33. The lowest BCUT2D eigenvalue weighted by Gasteiger charge is -2.41. The second-order valence-electron chi connectivity index (χ2n) is 5.21. The Morgan fingerprint density at radius 2 is 2.21 bits per heavy atom. The molecule has 0 aromatic carbocycles. The summed E-state index contributed by atoms with van der Waals surface area (Å²) < 4.78 is 0. The number of pyridine rings is 1. The molecule has 0 bridgehead atoms. The van der Waals surface area contributed by atoms with Crippen molar-refractivity contribution in [1.29, 1.82) is 0 Å². The molecule has 1 aliphatic heterocycles. The molecule has 0 aliphatic carbocycles. The topological polar surface area (TPSA) is 31.4 Å². The molecular formula is C15H26N4. The van der Waals surface area contributed by atoms with Gasteiger partial charge >= 0.3 is 0 Å². The summed E-state index contributed by atoms with van der Waals surface area (Å²) in [5.41, 5.74) is 2.65. The minimum Gasteiger partial charge on any atom is -0.367 e. The summed E-state index contributed by atoms with van der Waals surface area (Å²) in [5.74, 6) is 0. The lowest BCUT2D eigenvalue weighted by atomic mass is 10.1. The van der Waals surface area contributed by atoms with E-state index in [1.54, 1.807) is 0 Å². The number of rotatable bonds is 5. The van der Waals surface area contributed by atoms with E-state index in [4.69, 9.17) is 0 Å². The van der Waals surface area contributed by atoms with Gasteiger partial charge in [-0.1, -0.05) is 13.8 Å². The SMILES string of the molecule is CCNCc1ccncc1N1CCN(CC)C(C)C1. The number of piperazine rings is 1. The van der Waals surface area contributed by atoms with Gasteiger partial charge in [-0.05, 0) is 31.6 Å². The maximum absolute atomic E-state index is 4.31. The normalized spacial score (nSPS) is 20.8. The average Bonchev–Trinajstić information content (AvgIpc) is 2.45. The van der Waals surface area contributed by atoms with Crippen molar-refractivity contribution in [2.45, 2.75) is 33.4 Å². The molecule has 1 atom stereocenters. The van der Waals surface area contributed by atoms with Crippen LogP contribution in [0.4, 0.5) is 5.69 Å². The summed E-state index contributed by atoms with van der Waals surface area (Å²) in [6, 6.07) is 2.75. The van der Waals surface area contributed by atoms with Crippen molar-refractivity contribution in [2.75, 3.05) is 37.6 Å². The van der Waals surface area contributed by atoms with Crippen molar-refractivity contribution >= 4 is 5.69 Å². The van der Waals surface area contributed by atoms with Crippen LogP contribution in [0.3, 0.4) is 0 Å². The van der Waals surface area contributed by atoms with E-state index in [-0.39, 0.29) is 0 Å². The molecule has 0 spiro atoms. The van der Waals surface area contributed by atoms with Gasteiger partial charge in [-0.25, -0.2) is 0 Å². The molecule has 2 heterocycles. The Labute approximate surface area is 116 Å². The van der Waals surface area contributed by atoms with Crippen LogP contribution in [0.25, 0.3) is 0 Å². The summed E-state index contributed by atoms with van der Waals surface area (Å²) in [6.45, 7) is 13.1. The van der Waals surface area contributed by atoms with Crippen LogP contribution < -0.4 is 10.2 Å². The Morgan fingerprint density at radius 3 is 2.89 bits per heavy atom. The zero-order valence-corrected chi connectivity index (χ0v) is 12.4. The smallest absolute Gasteiger partial charge is 0.0599 e. The van der Waals surface area contributed by atoms with Gasteiger partial charge in [0.25, 0.3) is 0 Å². The van der Waals surface area contributed by atoms with Crippen molar-refractivity contribution in [3.05, 3.63) is 24.0 Å². The van der Waals surface area contributed by atoms with Crippen molar-refractivity contribution in [2.24, 2.45) is 0 Å². The van der Waals surface area contributed by atoms with E-state index in [2.05, 4.69) is 46.9 Å². The van der Waals surface area contributed by atoms with E-state index in [1.165, 1.54) is 11.3 Å². The molecule has 1 aromatic rings. The van der Waals surface area contributed by atoms with E-state index in [0.717, 1.165) is 39.3 Å². The van der Waals surface area contributed by atoms with Crippen molar-refractivity contribution < 1.29 is 0 Å². The molecule has 19 heavy (non-hydrogen) atoms. The van der Waals surface area contributed by atoms with Gasteiger partial charge in [0.05, 0.1) is 11.9 Å². The van der Waals surface area contributed by atoms with E-state index < -0.39 is 0 Å². The zero-order chi connectivity index (χ0) is 13.7. The third-order valence-corrected chi connectivity index (χ3v) is 3.97. The highest BCUT2D eigenvalue weighted by atomic mass is 15.3. The third kappa shape index (κ3) is 3.45. The standard InChI is InChI=1S/C15H26N4/c1-4-16-10-14-6-7-17-11-15(14)19-9-8-18(5-2)13(3)12-19/h6-7,11,13,16H,4-5,8-10,12H2,1-3H3. The Bertz CT molecular complexity index is 393. The molecule has 1 unspecified atom stereocenters. The second kappa shape index (κ2) is 6.87. The predicted molar refractivity (Wildman–Crippen MR) is 80.5 cm³/mol. The molecule has 4 heteroatoms. The molecule has 0 amide bonds. The van der Waals surface area contributed by atoms with Crippen molar-refractivity contribution in [1.82, 2.24) is 15.2 Å². The van der Waals surface area contributed by atoms with E-state index >= 15 is 0 Å². The van der Waals surface area contributed by atoms with Crippen LogP contribution >= 0.6 is 0 Å². The molecule has 1 fully saturated rings. The third-order valence-electron chi connectivity index (χ3n) is 3.97. The maximum Gasteiger partial charge on any atom is 0.0599 e. The van der Waals surface area contributed by atoms with E-state index in [1.807, 2.05) is 12.4 Å². The highest BCUT2D eigenvalue weighted by Gasteiger charge is 2.23. The summed E-state index contributed by atoms with van der Waals surface area (Å²) in [5, 5.41) is 3.41. The zero-order valence-electron chi connectivity index (χ0n) is 12.4. The fourth-order valence-electron chi connectivity index (χ4n) is 2.79. The lowest BCUT2D eigenvalue weighted by Crippen LogP contribution is -2.52. The predicted octanol–water partition coefficient (Wildman–Crippen LogP) is 1.72. The number of likely N-dealkylation sites (N-methyl/N-ethyl adjacent to an activating group) is 1. The fraction of sp³-hybridized carbons (Fsp3) is 0.667. The average molecular weight is 262 g/mol. The van der Waals surface area contributed by atoms with Crippen LogP contribution in [-0.2, 0) is 6.54 Å². The number of nitrogens with one attached hydrogen (secondary N) is 1. The molecule has 0 saturated carbocycles. The number of hydrogen-bond acceptors (Lipinski definition) is 4. The van der Waals surface area contributed by atoms with Crippen LogP contribution in [-0.4, -0.2) is 48.6 Å². The molecule has 0 radical (unpaired) electrons. The molecule has 1 aromatic heterocycles. The second-order valence-corrected chi connectivity index (χ2v) is 5.21. The van der Waals surface area contributed by atoms with E-state index in [9.17, 15) is 0 Å². The van der Waals surface area contributed by atoms with Crippen LogP contribution in [0.1, 0.15) is 26.3 Å². The Kier molecular flexibility index (Phi) is 5.16. The quantitative estimate of drug-likeness (QED) is 0.875. The van der Waals surface area contributed by atoms with Gasteiger partial charge in [0.2, 0.25) is 0 Å². The van der Waals surface area contributed by atoms with Gasteiger partial charge in [0.1, 0.15) is 0 Å². The van der Waals surface area contributed by atoms with Crippen LogP contribution in [0.2, 0.25) is 0 Å². The largest absolute Gasteiger partial charge is 0.367 e.